The van der Waals surface area contributed by atoms with Crippen LogP contribution in [0.4, 0.5) is 11.5 Å². The zero-order valence-corrected chi connectivity index (χ0v) is 18.9. The minimum absolute atomic E-state index is 0.0359. The molecule has 2 unspecified atom stereocenters. The van der Waals surface area contributed by atoms with Gasteiger partial charge < -0.3 is 4.90 Å². The standard InChI is InChI=1S/C24H22Cl2N4O/c1-14-5-3-6-16-7-4-12-29(22(14)16)24(31)21-15(2)28-20-10-11-27-30(20)23(21)17-8-9-18(25)19(26)13-17/h3,5-6,8-11,13,21,23H,4,7,12H2,1-2H3. The van der Waals surface area contributed by atoms with Crippen LogP contribution in [0.25, 0.3) is 0 Å². The maximum absolute atomic E-state index is 14.1. The maximum atomic E-state index is 14.1. The van der Waals surface area contributed by atoms with Crippen molar-refractivity contribution in [2.75, 3.05) is 11.4 Å². The SMILES string of the molecule is CC1=Nc2ccnn2C(c2ccc(Cl)c(Cl)c2)C1C(=O)N1CCCc2cccc(C)c21. The van der Waals surface area contributed by atoms with E-state index in [1.54, 1.807) is 12.3 Å². The second-order valence-electron chi connectivity index (χ2n) is 8.16. The van der Waals surface area contributed by atoms with Crippen LogP contribution in [0, 0.1) is 12.8 Å². The van der Waals surface area contributed by atoms with E-state index in [-0.39, 0.29) is 11.9 Å². The van der Waals surface area contributed by atoms with Gasteiger partial charge in [0.05, 0.1) is 22.3 Å². The van der Waals surface area contributed by atoms with Gasteiger partial charge in [-0.2, -0.15) is 5.10 Å². The van der Waals surface area contributed by atoms with Gasteiger partial charge in [0.15, 0.2) is 5.82 Å². The number of carbonyl (C=O) groups excluding carboxylic acids is 1. The Balaban J connectivity index is 1.63. The molecule has 0 N–H and O–H groups in total. The summed E-state index contributed by atoms with van der Waals surface area (Å²) >= 11 is 12.5. The molecule has 0 spiro atoms. The van der Waals surface area contributed by atoms with E-state index in [0.717, 1.165) is 41.2 Å². The third-order valence-corrected chi connectivity index (χ3v) is 6.94. The molecule has 31 heavy (non-hydrogen) atoms. The highest BCUT2D eigenvalue weighted by Gasteiger charge is 2.41. The molecule has 0 radical (unpaired) electrons. The van der Waals surface area contributed by atoms with Crippen LogP contribution >= 0.6 is 23.2 Å². The molecule has 0 saturated carbocycles. The fraction of sp³-hybridized carbons (Fsp3) is 0.292. The summed E-state index contributed by atoms with van der Waals surface area (Å²) in [6.45, 7) is 4.68. The van der Waals surface area contributed by atoms with Crippen molar-refractivity contribution in [3.05, 3.63) is 75.4 Å². The van der Waals surface area contributed by atoms with Crippen LogP contribution in [0.3, 0.4) is 0 Å². The van der Waals surface area contributed by atoms with Gasteiger partial charge in [-0.1, -0.05) is 47.5 Å². The fourth-order valence-electron chi connectivity index (χ4n) is 4.81. The van der Waals surface area contributed by atoms with Gasteiger partial charge in [-0.05, 0) is 55.5 Å². The molecule has 2 aromatic carbocycles. The molecule has 1 amide bonds. The first-order valence-corrected chi connectivity index (χ1v) is 11.1. The Morgan fingerprint density at radius 1 is 1.10 bits per heavy atom. The van der Waals surface area contributed by atoms with Gasteiger partial charge in [-0.15, -0.1) is 0 Å². The number of para-hydroxylation sites is 1. The van der Waals surface area contributed by atoms with Crippen molar-refractivity contribution in [1.82, 2.24) is 9.78 Å². The number of aliphatic imine (C=N–C) groups is 1. The van der Waals surface area contributed by atoms with Gasteiger partial charge in [-0.25, -0.2) is 9.67 Å². The summed E-state index contributed by atoms with van der Waals surface area (Å²) in [6.07, 6.45) is 3.64. The largest absolute Gasteiger partial charge is 0.311 e. The number of aromatic nitrogens is 2. The van der Waals surface area contributed by atoms with Crippen LogP contribution in [0.1, 0.15) is 36.1 Å². The molecule has 2 aliphatic rings. The zero-order chi connectivity index (χ0) is 21.7. The van der Waals surface area contributed by atoms with Crippen LogP contribution < -0.4 is 4.90 Å². The average molecular weight is 453 g/mol. The molecule has 3 aromatic rings. The third-order valence-electron chi connectivity index (χ3n) is 6.21. The monoisotopic (exact) mass is 452 g/mol. The van der Waals surface area contributed by atoms with E-state index < -0.39 is 5.92 Å². The number of halogens is 2. The molecule has 2 atom stereocenters. The van der Waals surface area contributed by atoms with Crippen molar-refractivity contribution < 1.29 is 4.79 Å². The van der Waals surface area contributed by atoms with Gasteiger partial charge in [0.2, 0.25) is 5.91 Å². The Bertz CT molecular complexity index is 1220. The third kappa shape index (κ3) is 3.36. The normalized spacial score (nSPS) is 20.1. The smallest absolute Gasteiger partial charge is 0.238 e. The lowest BCUT2D eigenvalue weighted by atomic mass is 9.86. The van der Waals surface area contributed by atoms with Gasteiger partial charge >= 0.3 is 0 Å². The highest BCUT2D eigenvalue weighted by atomic mass is 35.5. The lowest BCUT2D eigenvalue weighted by Crippen LogP contribution is -2.46. The quantitative estimate of drug-likeness (QED) is 0.493. The van der Waals surface area contributed by atoms with Crippen molar-refractivity contribution in [2.45, 2.75) is 32.7 Å². The Morgan fingerprint density at radius 2 is 1.94 bits per heavy atom. The maximum Gasteiger partial charge on any atom is 0.238 e. The summed E-state index contributed by atoms with van der Waals surface area (Å²) < 4.78 is 1.82. The predicted molar refractivity (Wildman–Crippen MR) is 125 cm³/mol. The molecular weight excluding hydrogens is 431 g/mol. The summed E-state index contributed by atoms with van der Waals surface area (Å²) in [6, 6.07) is 13.3. The summed E-state index contributed by atoms with van der Waals surface area (Å²) in [5, 5.41) is 5.44. The number of hydrogen-bond donors (Lipinski definition) is 0. The van der Waals surface area contributed by atoms with Crippen molar-refractivity contribution in [1.29, 1.82) is 0 Å². The van der Waals surface area contributed by atoms with Crippen LogP contribution in [0.2, 0.25) is 10.0 Å². The number of rotatable bonds is 2. The molecule has 0 fully saturated rings. The Morgan fingerprint density at radius 3 is 2.74 bits per heavy atom. The van der Waals surface area contributed by atoms with Gasteiger partial charge in [0.1, 0.15) is 5.92 Å². The van der Waals surface area contributed by atoms with Gasteiger partial charge in [-0.3, -0.25) is 4.79 Å². The summed E-state index contributed by atoms with van der Waals surface area (Å²) in [7, 11) is 0. The van der Waals surface area contributed by atoms with Crippen LogP contribution in [-0.4, -0.2) is 27.9 Å². The molecule has 158 valence electrons. The van der Waals surface area contributed by atoms with Crippen molar-refractivity contribution in [3.8, 4) is 0 Å². The minimum Gasteiger partial charge on any atom is -0.311 e. The van der Waals surface area contributed by atoms with Crippen LogP contribution in [0.15, 0.2) is 53.7 Å². The number of fused-ring (bicyclic) bond motifs is 2. The second-order valence-corrected chi connectivity index (χ2v) is 8.97. The number of nitrogens with zero attached hydrogens (tertiary/aromatic N) is 4. The number of carbonyl (C=O) groups is 1. The van der Waals surface area contributed by atoms with E-state index in [9.17, 15) is 4.79 Å². The predicted octanol–water partition coefficient (Wildman–Crippen LogP) is 5.79. The Labute approximate surface area is 191 Å². The molecule has 5 nitrogen and oxygen atoms in total. The average Bonchev–Trinajstić information content (AvgIpc) is 3.22. The first-order chi connectivity index (χ1) is 15.0. The molecule has 0 aliphatic carbocycles. The fourth-order valence-corrected chi connectivity index (χ4v) is 5.12. The molecule has 3 heterocycles. The molecule has 1 aromatic heterocycles. The molecule has 7 heteroatoms. The first-order valence-electron chi connectivity index (χ1n) is 10.4. The van der Waals surface area contributed by atoms with E-state index in [2.05, 4.69) is 30.2 Å². The second kappa shape index (κ2) is 7.81. The first kappa shape index (κ1) is 20.3. The molecular formula is C24H22Cl2N4O. The lowest BCUT2D eigenvalue weighted by Gasteiger charge is -2.38. The van der Waals surface area contributed by atoms with E-state index in [1.165, 1.54) is 5.56 Å². The molecule has 0 bridgehead atoms. The Hall–Kier alpha value is -2.63. The summed E-state index contributed by atoms with van der Waals surface area (Å²) in [4.78, 5) is 20.7. The summed E-state index contributed by atoms with van der Waals surface area (Å²) in [5.41, 5.74) is 5.02. The lowest BCUT2D eigenvalue weighted by molar-refractivity contribution is -0.121. The molecule has 0 saturated heterocycles. The number of aryl methyl sites for hydroxylation is 2. The van der Waals surface area contributed by atoms with Crippen LogP contribution in [-0.2, 0) is 11.2 Å². The van der Waals surface area contributed by atoms with Gasteiger partial charge in [0, 0.05) is 24.0 Å². The Kier molecular flexibility index (Phi) is 5.11. The van der Waals surface area contributed by atoms with Crippen molar-refractivity contribution in [3.63, 3.8) is 0 Å². The highest BCUT2D eigenvalue weighted by Crippen LogP contribution is 2.40. The highest BCUT2D eigenvalue weighted by molar-refractivity contribution is 6.42. The topological polar surface area (TPSA) is 50.5 Å². The van der Waals surface area contributed by atoms with Crippen LogP contribution in [0.5, 0.6) is 0 Å². The number of anilines is 1. The summed E-state index contributed by atoms with van der Waals surface area (Å²) in [5.74, 6) is 0.275. The van der Waals surface area contributed by atoms with E-state index >= 15 is 0 Å². The molecule has 2 aliphatic heterocycles. The number of amides is 1. The van der Waals surface area contributed by atoms with E-state index in [1.807, 2.05) is 34.7 Å². The number of hydrogen-bond acceptors (Lipinski definition) is 3. The molecule has 5 rings (SSSR count). The van der Waals surface area contributed by atoms with Crippen molar-refractivity contribution in [2.24, 2.45) is 10.9 Å². The van der Waals surface area contributed by atoms with E-state index in [0.29, 0.717) is 16.6 Å². The zero-order valence-electron chi connectivity index (χ0n) is 17.3. The minimum atomic E-state index is -0.491. The van der Waals surface area contributed by atoms with E-state index in [4.69, 9.17) is 28.2 Å². The van der Waals surface area contributed by atoms with Gasteiger partial charge in [0.25, 0.3) is 0 Å². The van der Waals surface area contributed by atoms with Crippen molar-refractivity contribution >= 4 is 46.3 Å². The number of benzene rings is 2.